The molecule has 23 heavy (non-hydrogen) atoms. The zero-order valence-electron chi connectivity index (χ0n) is 12.8. The monoisotopic (exact) mass is 311 g/mol. The van der Waals surface area contributed by atoms with Gasteiger partial charge < -0.3 is 11.1 Å². The average Bonchev–Trinajstić information content (AvgIpc) is 3.14. The molecule has 1 amide bonds. The number of hydrogen-bond donors (Lipinski definition) is 4. The van der Waals surface area contributed by atoms with Crippen LogP contribution in [0, 0.1) is 6.92 Å². The lowest BCUT2D eigenvalue weighted by molar-refractivity contribution is 0.0932. The Bertz CT molecular complexity index is 821. The molecule has 0 aliphatic heterocycles. The minimum atomic E-state index is -0.352. The van der Waals surface area contributed by atoms with E-state index in [1.165, 1.54) is 0 Å². The average molecular weight is 311 g/mol. The van der Waals surface area contributed by atoms with Crippen molar-refractivity contribution in [3.63, 3.8) is 0 Å². The largest absolute Gasteiger partial charge is 0.367 e. The van der Waals surface area contributed by atoms with E-state index in [0.717, 1.165) is 16.8 Å². The third-order valence-corrected chi connectivity index (χ3v) is 3.56. The van der Waals surface area contributed by atoms with Crippen molar-refractivity contribution in [2.45, 2.75) is 19.9 Å². The van der Waals surface area contributed by atoms with Gasteiger partial charge in [-0.15, -0.1) is 5.10 Å². The number of rotatable bonds is 4. The lowest BCUT2D eigenvalue weighted by Gasteiger charge is -2.10. The van der Waals surface area contributed by atoms with Gasteiger partial charge in [-0.05, 0) is 13.8 Å². The van der Waals surface area contributed by atoms with E-state index in [9.17, 15) is 4.79 Å². The highest BCUT2D eigenvalue weighted by Crippen LogP contribution is 2.23. The molecule has 8 nitrogen and oxygen atoms in total. The molecule has 0 aliphatic rings. The predicted molar refractivity (Wildman–Crippen MR) is 85.4 cm³/mol. The zero-order valence-corrected chi connectivity index (χ0v) is 12.8. The maximum absolute atomic E-state index is 12.4. The Balaban J connectivity index is 1.79. The van der Waals surface area contributed by atoms with E-state index in [-0.39, 0.29) is 17.9 Å². The van der Waals surface area contributed by atoms with Crippen LogP contribution >= 0.6 is 0 Å². The summed E-state index contributed by atoms with van der Waals surface area (Å²) in [5.74, 6) is 0.376. The topological polar surface area (TPSA) is 125 Å². The summed E-state index contributed by atoms with van der Waals surface area (Å²) in [6.45, 7) is 3.65. The van der Waals surface area contributed by atoms with Crippen LogP contribution in [0.2, 0.25) is 0 Å². The van der Waals surface area contributed by atoms with Crippen molar-refractivity contribution in [1.82, 2.24) is 30.7 Å². The molecule has 0 fully saturated rings. The van der Waals surface area contributed by atoms with Gasteiger partial charge in [0.1, 0.15) is 11.5 Å². The minimum absolute atomic E-state index is 0.144. The predicted octanol–water partition coefficient (Wildman–Crippen LogP) is 1.58. The number of nitrogens with zero attached hydrogens (tertiary/aromatic N) is 3. The second kappa shape index (κ2) is 5.91. The first kappa shape index (κ1) is 14.8. The number of aromatic amines is 2. The van der Waals surface area contributed by atoms with Crippen molar-refractivity contribution in [3.8, 4) is 11.3 Å². The van der Waals surface area contributed by atoms with Gasteiger partial charge in [0.05, 0.1) is 11.7 Å². The maximum atomic E-state index is 12.4. The van der Waals surface area contributed by atoms with Crippen molar-refractivity contribution < 1.29 is 4.79 Å². The number of carbonyl (C=O) groups is 1. The van der Waals surface area contributed by atoms with Crippen molar-refractivity contribution in [3.05, 3.63) is 47.4 Å². The molecule has 5 N–H and O–H groups in total. The highest BCUT2D eigenvalue weighted by molar-refractivity contribution is 5.95. The first-order valence-electron chi connectivity index (χ1n) is 7.15. The summed E-state index contributed by atoms with van der Waals surface area (Å²) in [5.41, 5.74) is 8.39. The number of aromatic nitrogens is 5. The van der Waals surface area contributed by atoms with Crippen molar-refractivity contribution in [2.75, 3.05) is 5.73 Å². The Labute approximate surface area is 132 Å². The Morgan fingerprint density at radius 3 is 2.61 bits per heavy atom. The first-order valence-corrected chi connectivity index (χ1v) is 7.15. The number of nitrogens with one attached hydrogen (secondary N) is 3. The normalized spacial score (nSPS) is 12.1. The van der Waals surface area contributed by atoms with E-state index in [4.69, 9.17) is 5.73 Å². The highest BCUT2D eigenvalue weighted by Gasteiger charge is 2.20. The molecule has 118 valence electrons. The van der Waals surface area contributed by atoms with Gasteiger partial charge in [0.25, 0.3) is 5.91 Å². The van der Waals surface area contributed by atoms with Gasteiger partial charge in [-0.2, -0.15) is 10.1 Å². The summed E-state index contributed by atoms with van der Waals surface area (Å²) in [7, 11) is 0. The van der Waals surface area contributed by atoms with Crippen LogP contribution in [0.25, 0.3) is 11.3 Å². The van der Waals surface area contributed by atoms with Gasteiger partial charge in [-0.1, -0.05) is 30.3 Å². The molecular formula is C15H17N7O. The lowest BCUT2D eigenvalue weighted by Crippen LogP contribution is -2.28. The van der Waals surface area contributed by atoms with Crippen LogP contribution in [0.5, 0.6) is 0 Å². The molecule has 0 bridgehead atoms. The number of benzene rings is 1. The molecule has 2 heterocycles. The second-order valence-electron chi connectivity index (χ2n) is 5.21. The number of nitrogens with two attached hydrogens (primary N) is 1. The molecule has 0 spiro atoms. The van der Waals surface area contributed by atoms with Crippen molar-refractivity contribution >= 4 is 11.9 Å². The standard InChI is InChI=1S/C15H17N7O/c1-8-11(10-6-4-3-5-7-10)19-20-12(8)14(23)17-9(2)13-18-15(16)22-21-13/h3-7,9H,1-2H3,(H,17,23)(H,19,20)(H3,16,18,21,22)/t9-/m0/s1. The summed E-state index contributed by atoms with van der Waals surface area (Å²) < 4.78 is 0. The van der Waals surface area contributed by atoms with Crippen LogP contribution < -0.4 is 11.1 Å². The van der Waals surface area contributed by atoms with Gasteiger partial charge in [-0.3, -0.25) is 15.0 Å². The molecule has 1 aromatic carbocycles. The number of H-pyrrole nitrogens is 2. The van der Waals surface area contributed by atoms with Gasteiger partial charge in [0.15, 0.2) is 0 Å². The SMILES string of the molecule is Cc1c(-c2ccccc2)n[nH]c1C(=O)N[C@@H](C)c1nc(N)n[nH]1. The number of anilines is 1. The molecular weight excluding hydrogens is 294 g/mol. The molecule has 1 atom stereocenters. The van der Waals surface area contributed by atoms with Crippen LogP contribution in [-0.4, -0.2) is 31.3 Å². The number of carbonyl (C=O) groups excluding carboxylic acids is 1. The zero-order chi connectivity index (χ0) is 16.4. The molecule has 2 aromatic heterocycles. The first-order chi connectivity index (χ1) is 11.1. The third-order valence-electron chi connectivity index (χ3n) is 3.56. The molecule has 3 aromatic rings. The van der Waals surface area contributed by atoms with E-state index >= 15 is 0 Å². The smallest absolute Gasteiger partial charge is 0.270 e. The lowest BCUT2D eigenvalue weighted by atomic mass is 10.1. The fraction of sp³-hybridized carbons (Fsp3) is 0.200. The number of amides is 1. The van der Waals surface area contributed by atoms with Gasteiger partial charge in [-0.25, -0.2) is 0 Å². The Kier molecular flexibility index (Phi) is 3.80. The van der Waals surface area contributed by atoms with Gasteiger partial charge in [0.2, 0.25) is 5.95 Å². The maximum Gasteiger partial charge on any atom is 0.270 e. The summed E-state index contributed by atoms with van der Waals surface area (Å²) in [6.07, 6.45) is 0. The fourth-order valence-electron chi connectivity index (χ4n) is 2.31. The molecule has 0 saturated heterocycles. The Hall–Kier alpha value is -3.16. The third kappa shape index (κ3) is 2.91. The number of nitrogen functional groups attached to an aromatic ring is 1. The second-order valence-corrected chi connectivity index (χ2v) is 5.21. The van der Waals surface area contributed by atoms with E-state index in [2.05, 4.69) is 30.7 Å². The molecule has 0 unspecified atom stereocenters. The van der Waals surface area contributed by atoms with Gasteiger partial charge >= 0.3 is 0 Å². The van der Waals surface area contributed by atoms with Crippen molar-refractivity contribution in [1.29, 1.82) is 0 Å². The van der Waals surface area contributed by atoms with Crippen molar-refractivity contribution in [2.24, 2.45) is 0 Å². The Morgan fingerprint density at radius 1 is 1.22 bits per heavy atom. The van der Waals surface area contributed by atoms with Crippen LogP contribution in [0.3, 0.4) is 0 Å². The van der Waals surface area contributed by atoms with E-state index < -0.39 is 0 Å². The Morgan fingerprint density at radius 2 is 1.96 bits per heavy atom. The van der Waals surface area contributed by atoms with E-state index in [0.29, 0.717) is 11.5 Å². The molecule has 8 heteroatoms. The summed E-state index contributed by atoms with van der Waals surface area (Å²) in [5, 5.41) is 16.3. The van der Waals surface area contributed by atoms with E-state index in [1.807, 2.05) is 37.3 Å². The molecule has 3 rings (SSSR count). The van der Waals surface area contributed by atoms with Crippen LogP contribution in [-0.2, 0) is 0 Å². The van der Waals surface area contributed by atoms with E-state index in [1.54, 1.807) is 6.92 Å². The van der Waals surface area contributed by atoms with Crippen LogP contribution in [0.4, 0.5) is 5.95 Å². The molecule has 0 saturated carbocycles. The van der Waals surface area contributed by atoms with Gasteiger partial charge in [0, 0.05) is 11.1 Å². The van der Waals surface area contributed by atoms with Crippen LogP contribution in [0.15, 0.2) is 30.3 Å². The summed E-state index contributed by atoms with van der Waals surface area (Å²) in [6, 6.07) is 9.34. The highest BCUT2D eigenvalue weighted by atomic mass is 16.2. The minimum Gasteiger partial charge on any atom is -0.367 e. The quantitative estimate of drug-likeness (QED) is 0.582. The fourth-order valence-corrected chi connectivity index (χ4v) is 2.31. The summed E-state index contributed by atoms with van der Waals surface area (Å²) in [4.78, 5) is 16.4. The number of hydrogen-bond acceptors (Lipinski definition) is 5. The summed E-state index contributed by atoms with van der Waals surface area (Å²) >= 11 is 0. The molecule has 0 aliphatic carbocycles. The van der Waals surface area contributed by atoms with Crippen LogP contribution in [0.1, 0.15) is 34.8 Å². The molecule has 0 radical (unpaired) electrons.